The number of nitrogens with zero attached hydrogens (tertiary/aromatic N) is 1. The zero-order valence-corrected chi connectivity index (χ0v) is 15.0. The van der Waals surface area contributed by atoms with Gasteiger partial charge in [0, 0.05) is 25.2 Å². The summed E-state index contributed by atoms with van der Waals surface area (Å²) in [6.45, 7) is 1.14. The Morgan fingerprint density at radius 1 is 1.00 bits per heavy atom. The molecule has 1 aliphatic heterocycles. The van der Waals surface area contributed by atoms with E-state index in [0.29, 0.717) is 18.5 Å². The van der Waals surface area contributed by atoms with Crippen LogP contribution in [0.3, 0.4) is 0 Å². The monoisotopic (exact) mass is 369 g/mol. The van der Waals surface area contributed by atoms with Crippen LogP contribution >= 0.6 is 0 Å². The summed E-state index contributed by atoms with van der Waals surface area (Å²) in [5.74, 6) is -0.408. The molecule has 1 saturated heterocycles. The van der Waals surface area contributed by atoms with Crippen molar-refractivity contribution in [1.29, 1.82) is 0 Å². The number of nitrogens with one attached hydrogen (secondary N) is 2. The van der Waals surface area contributed by atoms with Crippen molar-refractivity contribution in [3.05, 3.63) is 60.1 Å². The summed E-state index contributed by atoms with van der Waals surface area (Å²) in [5, 5.41) is 5.49. The van der Waals surface area contributed by atoms with Crippen LogP contribution in [0.5, 0.6) is 0 Å². The lowest BCUT2D eigenvalue weighted by Crippen LogP contribution is -2.52. The van der Waals surface area contributed by atoms with E-state index in [0.717, 1.165) is 12.8 Å². The molecule has 0 saturated carbocycles. The molecule has 3 amide bonds. The standard InChI is InChI=1S/C20H23N3O4/c24-18(21-11-12-22-19(25)17-10-6-14-27-17)16-9-4-5-13-23(16)20(26)15-7-2-1-3-8-15/h1-3,6-8,10,14,16H,4-5,9,11-13H2,(H,21,24)(H,22,25). The van der Waals surface area contributed by atoms with Crippen LogP contribution in [0.25, 0.3) is 0 Å². The highest BCUT2D eigenvalue weighted by Gasteiger charge is 2.32. The maximum absolute atomic E-state index is 12.7. The van der Waals surface area contributed by atoms with Gasteiger partial charge >= 0.3 is 0 Å². The Morgan fingerprint density at radius 3 is 2.52 bits per heavy atom. The fourth-order valence-corrected chi connectivity index (χ4v) is 3.17. The summed E-state index contributed by atoms with van der Waals surface area (Å²) in [6.07, 6.45) is 3.87. The number of piperidine rings is 1. The Morgan fingerprint density at radius 2 is 1.78 bits per heavy atom. The summed E-state index contributed by atoms with van der Waals surface area (Å²) in [4.78, 5) is 38.8. The quantitative estimate of drug-likeness (QED) is 0.760. The van der Waals surface area contributed by atoms with Gasteiger partial charge in [0.25, 0.3) is 11.8 Å². The van der Waals surface area contributed by atoms with Gasteiger partial charge in [-0.25, -0.2) is 0 Å². The normalized spacial score (nSPS) is 16.6. The second kappa shape index (κ2) is 9.02. The van der Waals surface area contributed by atoms with Gasteiger partial charge in [0.15, 0.2) is 5.76 Å². The lowest BCUT2D eigenvalue weighted by Gasteiger charge is -2.34. The molecule has 27 heavy (non-hydrogen) atoms. The van der Waals surface area contributed by atoms with Gasteiger partial charge in [-0.3, -0.25) is 14.4 Å². The molecule has 2 heterocycles. The fraction of sp³-hybridized carbons (Fsp3) is 0.350. The number of carbonyl (C=O) groups excluding carboxylic acids is 3. The summed E-state index contributed by atoms with van der Waals surface area (Å²) >= 11 is 0. The van der Waals surface area contributed by atoms with E-state index in [1.165, 1.54) is 6.26 Å². The molecule has 7 nitrogen and oxygen atoms in total. The SMILES string of the molecule is O=C(NCCNC(=O)C1CCCCN1C(=O)c1ccccc1)c1ccco1. The van der Waals surface area contributed by atoms with Gasteiger partial charge in [-0.15, -0.1) is 0 Å². The van der Waals surface area contributed by atoms with Crippen LogP contribution in [0.1, 0.15) is 40.2 Å². The smallest absolute Gasteiger partial charge is 0.287 e. The Bertz CT molecular complexity index is 774. The molecule has 2 aromatic rings. The third kappa shape index (κ3) is 4.75. The molecule has 1 aromatic heterocycles. The maximum Gasteiger partial charge on any atom is 0.287 e. The first-order valence-electron chi connectivity index (χ1n) is 9.12. The molecular formula is C20H23N3O4. The molecule has 0 aliphatic carbocycles. The van der Waals surface area contributed by atoms with Crippen molar-refractivity contribution >= 4 is 17.7 Å². The van der Waals surface area contributed by atoms with E-state index >= 15 is 0 Å². The number of hydrogen-bond donors (Lipinski definition) is 2. The fourth-order valence-electron chi connectivity index (χ4n) is 3.17. The molecule has 7 heteroatoms. The number of furan rings is 1. The lowest BCUT2D eigenvalue weighted by molar-refractivity contribution is -0.126. The Balaban J connectivity index is 1.51. The molecule has 0 bridgehead atoms. The first-order chi connectivity index (χ1) is 13.2. The average molecular weight is 369 g/mol. The second-order valence-electron chi connectivity index (χ2n) is 6.40. The summed E-state index contributed by atoms with van der Waals surface area (Å²) < 4.78 is 5.01. The van der Waals surface area contributed by atoms with Crippen molar-refractivity contribution in [2.75, 3.05) is 19.6 Å². The van der Waals surface area contributed by atoms with Crippen molar-refractivity contribution < 1.29 is 18.8 Å². The summed E-state index contributed by atoms with van der Waals surface area (Å²) in [5.41, 5.74) is 0.586. The minimum absolute atomic E-state index is 0.124. The van der Waals surface area contributed by atoms with Gasteiger partial charge in [-0.05, 0) is 43.5 Å². The molecular weight excluding hydrogens is 346 g/mol. The van der Waals surface area contributed by atoms with Crippen LogP contribution in [-0.2, 0) is 4.79 Å². The van der Waals surface area contributed by atoms with Crippen LogP contribution in [0.15, 0.2) is 53.1 Å². The molecule has 1 atom stereocenters. The van der Waals surface area contributed by atoms with Crippen LogP contribution in [0.4, 0.5) is 0 Å². The molecule has 142 valence electrons. The highest BCUT2D eigenvalue weighted by Crippen LogP contribution is 2.20. The van der Waals surface area contributed by atoms with Crippen molar-refractivity contribution in [3.8, 4) is 0 Å². The number of benzene rings is 1. The van der Waals surface area contributed by atoms with E-state index in [1.807, 2.05) is 18.2 Å². The van der Waals surface area contributed by atoms with E-state index in [4.69, 9.17) is 4.42 Å². The molecule has 3 rings (SSSR count). The number of amides is 3. The van der Waals surface area contributed by atoms with E-state index in [9.17, 15) is 14.4 Å². The molecule has 0 radical (unpaired) electrons. The van der Waals surface area contributed by atoms with Crippen LogP contribution in [0, 0.1) is 0 Å². The third-order valence-corrected chi connectivity index (χ3v) is 4.54. The summed E-state index contributed by atoms with van der Waals surface area (Å²) in [7, 11) is 0. The van der Waals surface area contributed by atoms with Crippen molar-refractivity contribution in [2.24, 2.45) is 0 Å². The second-order valence-corrected chi connectivity index (χ2v) is 6.40. The third-order valence-electron chi connectivity index (χ3n) is 4.54. The van der Waals surface area contributed by atoms with Gasteiger partial charge in [0.2, 0.25) is 5.91 Å². The van der Waals surface area contributed by atoms with Crippen molar-refractivity contribution in [1.82, 2.24) is 15.5 Å². The van der Waals surface area contributed by atoms with Crippen molar-refractivity contribution in [3.63, 3.8) is 0 Å². The minimum atomic E-state index is -0.479. The van der Waals surface area contributed by atoms with Gasteiger partial charge in [0.1, 0.15) is 6.04 Å². The average Bonchev–Trinajstić information content (AvgIpc) is 3.26. The van der Waals surface area contributed by atoms with Gasteiger partial charge in [-0.2, -0.15) is 0 Å². The van der Waals surface area contributed by atoms with Gasteiger partial charge < -0.3 is 20.0 Å². The Labute approximate surface area is 157 Å². The zero-order valence-electron chi connectivity index (χ0n) is 15.0. The Hall–Kier alpha value is -3.09. The molecule has 0 spiro atoms. The van der Waals surface area contributed by atoms with Gasteiger partial charge in [-0.1, -0.05) is 18.2 Å². The molecule has 1 aliphatic rings. The molecule has 2 N–H and O–H groups in total. The number of rotatable bonds is 6. The predicted octanol–water partition coefficient (Wildman–Crippen LogP) is 1.82. The topological polar surface area (TPSA) is 91.7 Å². The highest BCUT2D eigenvalue weighted by atomic mass is 16.3. The first kappa shape index (κ1) is 18.7. The Kier molecular flexibility index (Phi) is 6.25. The molecule has 1 unspecified atom stereocenters. The van der Waals surface area contributed by atoms with Crippen molar-refractivity contribution in [2.45, 2.75) is 25.3 Å². The maximum atomic E-state index is 12.7. The molecule has 1 fully saturated rings. The largest absolute Gasteiger partial charge is 0.459 e. The van der Waals surface area contributed by atoms with E-state index in [-0.39, 0.29) is 36.6 Å². The molecule has 1 aromatic carbocycles. The lowest BCUT2D eigenvalue weighted by atomic mass is 10.00. The van der Waals surface area contributed by atoms with Crippen LogP contribution in [-0.4, -0.2) is 48.3 Å². The number of likely N-dealkylation sites (tertiary alicyclic amines) is 1. The van der Waals surface area contributed by atoms with E-state index in [1.54, 1.807) is 29.2 Å². The van der Waals surface area contributed by atoms with E-state index < -0.39 is 6.04 Å². The summed E-state index contributed by atoms with van der Waals surface area (Å²) in [6, 6.07) is 11.7. The number of carbonyl (C=O) groups is 3. The highest BCUT2D eigenvalue weighted by molar-refractivity contribution is 5.97. The predicted molar refractivity (Wildman–Crippen MR) is 99.2 cm³/mol. The first-order valence-corrected chi connectivity index (χ1v) is 9.12. The van der Waals surface area contributed by atoms with Gasteiger partial charge in [0.05, 0.1) is 6.26 Å². The van der Waals surface area contributed by atoms with Crippen LogP contribution < -0.4 is 10.6 Å². The zero-order chi connectivity index (χ0) is 19.1. The number of hydrogen-bond acceptors (Lipinski definition) is 4. The minimum Gasteiger partial charge on any atom is -0.459 e. The van der Waals surface area contributed by atoms with Crippen LogP contribution in [0.2, 0.25) is 0 Å². The van der Waals surface area contributed by atoms with E-state index in [2.05, 4.69) is 10.6 Å².